The number of carbonyl (C=O) groups is 7. The van der Waals surface area contributed by atoms with Gasteiger partial charge >= 0.3 is 29.8 Å². The standard InChI is InChI=1S/C30H34N2O12/c1-18(33)41-24-13-9-11-22(27(24)43-20(3)35)29(39)31-15-7-5-6-8-16-32(17-26(37)38)30(40)23-12-10-14-25(42-19(2)34)28(23)44-21(4)36/h9-14H,5-8,15-17H2,1-4H3,(H,31,39)(H,37,38). The number of para-hydroxylation sites is 2. The molecule has 0 saturated heterocycles. The molecule has 2 amide bonds. The Bertz CT molecular complexity index is 1420. The topological polar surface area (TPSA) is 192 Å². The summed E-state index contributed by atoms with van der Waals surface area (Å²) in [4.78, 5) is 84.7. The zero-order valence-electron chi connectivity index (χ0n) is 24.8. The summed E-state index contributed by atoms with van der Waals surface area (Å²) >= 11 is 0. The van der Waals surface area contributed by atoms with Crippen LogP contribution in [0.5, 0.6) is 23.0 Å². The smallest absolute Gasteiger partial charge is 0.323 e. The molecule has 0 spiro atoms. The van der Waals surface area contributed by atoms with Gasteiger partial charge in [0.15, 0.2) is 23.0 Å². The summed E-state index contributed by atoms with van der Waals surface area (Å²) in [5.74, 6) is -6.05. The van der Waals surface area contributed by atoms with Crippen LogP contribution in [0.25, 0.3) is 0 Å². The molecule has 0 saturated carbocycles. The van der Waals surface area contributed by atoms with Gasteiger partial charge in [-0.3, -0.25) is 33.6 Å². The Morgan fingerprint density at radius 3 is 1.64 bits per heavy atom. The van der Waals surface area contributed by atoms with Crippen LogP contribution in [0.4, 0.5) is 0 Å². The number of hydrogen-bond acceptors (Lipinski definition) is 11. The first-order chi connectivity index (χ1) is 20.8. The molecule has 0 bridgehead atoms. The van der Waals surface area contributed by atoms with E-state index in [1.54, 1.807) is 0 Å². The van der Waals surface area contributed by atoms with Gasteiger partial charge in [0.1, 0.15) is 6.54 Å². The van der Waals surface area contributed by atoms with Gasteiger partial charge < -0.3 is 34.3 Å². The van der Waals surface area contributed by atoms with E-state index in [2.05, 4.69) is 5.32 Å². The zero-order valence-corrected chi connectivity index (χ0v) is 24.8. The first-order valence-corrected chi connectivity index (χ1v) is 13.6. The number of unbranched alkanes of at least 4 members (excludes halogenated alkanes) is 3. The van der Waals surface area contributed by atoms with Gasteiger partial charge in [-0.25, -0.2) is 0 Å². The number of nitrogens with zero attached hydrogens (tertiary/aromatic N) is 1. The minimum absolute atomic E-state index is 0.00710. The van der Waals surface area contributed by atoms with Gasteiger partial charge in [-0.15, -0.1) is 0 Å². The van der Waals surface area contributed by atoms with Crippen molar-refractivity contribution in [3.8, 4) is 23.0 Å². The maximum Gasteiger partial charge on any atom is 0.323 e. The van der Waals surface area contributed by atoms with E-state index < -0.39 is 48.2 Å². The predicted octanol–water partition coefficient (Wildman–Crippen LogP) is 2.91. The number of rotatable bonds is 15. The summed E-state index contributed by atoms with van der Waals surface area (Å²) in [7, 11) is 0. The van der Waals surface area contributed by atoms with Crippen molar-refractivity contribution >= 4 is 41.7 Å². The summed E-state index contributed by atoms with van der Waals surface area (Å²) in [5.41, 5.74) is -0.138. The molecule has 0 atom stereocenters. The lowest BCUT2D eigenvalue weighted by atomic mass is 10.1. The number of carboxylic acid groups (broad SMARTS) is 1. The van der Waals surface area contributed by atoms with Crippen molar-refractivity contribution in [3.05, 3.63) is 47.5 Å². The second kappa shape index (κ2) is 17.0. The molecule has 0 fully saturated rings. The zero-order chi connectivity index (χ0) is 32.8. The van der Waals surface area contributed by atoms with Crippen molar-refractivity contribution < 1.29 is 57.6 Å². The number of carbonyl (C=O) groups excluding carboxylic acids is 6. The van der Waals surface area contributed by atoms with Gasteiger partial charge in [-0.1, -0.05) is 25.0 Å². The fourth-order valence-corrected chi connectivity index (χ4v) is 4.01. The molecule has 0 heterocycles. The van der Waals surface area contributed by atoms with Crippen molar-refractivity contribution in [1.82, 2.24) is 10.2 Å². The molecule has 14 nitrogen and oxygen atoms in total. The Balaban J connectivity index is 1.99. The molecule has 0 aliphatic heterocycles. The molecular formula is C30H34N2O12. The van der Waals surface area contributed by atoms with Crippen molar-refractivity contribution in [2.24, 2.45) is 0 Å². The molecule has 0 radical (unpaired) electrons. The van der Waals surface area contributed by atoms with E-state index in [9.17, 15) is 38.7 Å². The molecule has 2 rings (SSSR count). The third-order valence-electron chi connectivity index (χ3n) is 5.69. The Labute approximate surface area is 253 Å². The van der Waals surface area contributed by atoms with E-state index in [1.807, 2.05) is 0 Å². The molecule has 2 aromatic rings. The normalized spacial score (nSPS) is 10.3. The molecule has 2 N–H and O–H groups in total. The van der Waals surface area contributed by atoms with Crippen molar-refractivity contribution in [3.63, 3.8) is 0 Å². The minimum atomic E-state index is -1.25. The molecule has 44 heavy (non-hydrogen) atoms. The molecule has 0 unspecified atom stereocenters. The highest BCUT2D eigenvalue weighted by Gasteiger charge is 2.26. The largest absolute Gasteiger partial charge is 0.480 e. The van der Waals surface area contributed by atoms with Gasteiger partial charge in [0.05, 0.1) is 11.1 Å². The molecule has 0 aliphatic rings. The maximum atomic E-state index is 13.3. The second-order valence-electron chi connectivity index (χ2n) is 9.43. The van der Waals surface area contributed by atoms with Gasteiger partial charge in [-0.2, -0.15) is 0 Å². The molecule has 236 valence electrons. The summed E-state index contributed by atoms with van der Waals surface area (Å²) in [6, 6.07) is 8.37. The van der Waals surface area contributed by atoms with Gasteiger partial charge in [-0.05, 0) is 37.1 Å². The van der Waals surface area contributed by atoms with Crippen molar-refractivity contribution in [2.75, 3.05) is 19.6 Å². The lowest BCUT2D eigenvalue weighted by Crippen LogP contribution is -2.36. The number of carboxylic acids is 1. The lowest BCUT2D eigenvalue weighted by Gasteiger charge is -2.22. The van der Waals surface area contributed by atoms with Crippen LogP contribution in [0, 0.1) is 0 Å². The Hall–Kier alpha value is -5.27. The van der Waals surface area contributed by atoms with E-state index >= 15 is 0 Å². The minimum Gasteiger partial charge on any atom is -0.480 e. The van der Waals surface area contributed by atoms with E-state index in [1.165, 1.54) is 43.3 Å². The Morgan fingerprint density at radius 1 is 0.659 bits per heavy atom. The summed E-state index contributed by atoms with van der Waals surface area (Å²) in [6.45, 7) is 4.25. The number of amides is 2. The highest BCUT2D eigenvalue weighted by molar-refractivity contribution is 6.00. The fraction of sp³-hybridized carbons (Fsp3) is 0.367. The number of benzene rings is 2. The molecule has 2 aromatic carbocycles. The third kappa shape index (κ3) is 11.2. The number of aliphatic carboxylic acids is 1. The predicted molar refractivity (Wildman–Crippen MR) is 152 cm³/mol. The van der Waals surface area contributed by atoms with E-state index in [-0.39, 0.29) is 47.2 Å². The summed E-state index contributed by atoms with van der Waals surface area (Å²) in [5, 5.41) is 12.1. The average Bonchev–Trinajstić information content (AvgIpc) is 2.92. The average molecular weight is 615 g/mol. The van der Waals surface area contributed by atoms with Crippen LogP contribution in [-0.2, 0) is 24.0 Å². The van der Waals surface area contributed by atoms with Crippen molar-refractivity contribution in [1.29, 1.82) is 0 Å². The highest BCUT2D eigenvalue weighted by atomic mass is 16.6. The highest BCUT2D eigenvalue weighted by Crippen LogP contribution is 2.33. The fourth-order valence-electron chi connectivity index (χ4n) is 4.01. The first kappa shape index (κ1) is 34.9. The van der Waals surface area contributed by atoms with Gasteiger partial charge in [0.25, 0.3) is 11.8 Å². The summed E-state index contributed by atoms with van der Waals surface area (Å²) < 4.78 is 20.3. The van der Waals surface area contributed by atoms with Crippen LogP contribution in [0.3, 0.4) is 0 Å². The van der Waals surface area contributed by atoms with Gasteiger partial charge in [0.2, 0.25) is 0 Å². The monoisotopic (exact) mass is 614 g/mol. The number of hydrogen-bond donors (Lipinski definition) is 2. The van der Waals surface area contributed by atoms with Crippen LogP contribution in [0.15, 0.2) is 36.4 Å². The number of ether oxygens (including phenoxy) is 4. The van der Waals surface area contributed by atoms with E-state index in [0.29, 0.717) is 25.7 Å². The van der Waals surface area contributed by atoms with Crippen LogP contribution >= 0.6 is 0 Å². The SMILES string of the molecule is CC(=O)Oc1cccc(C(=O)NCCCCCCN(CC(=O)O)C(=O)c2cccc(OC(C)=O)c2OC(C)=O)c1OC(C)=O. The van der Waals surface area contributed by atoms with E-state index in [0.717, 1.165) is 25.7 Å². The Morgan fingerprint density at radius 2 is 1.14 bits per heavy atom. The van der Waals surface area contributed by atoms with Crippen molar-refractivity contribution in [2.45, 2.75) is 53.4 Å². The maximum absolute atomic E-state index is 13.3. The van der Waals surface area contributed by atoms with Crippen LogP contribution in [0.2, 0.25) is 0 Å². The van der Waals surface area contributed by atoms with Crippen LogP contribution in [0.1, 0.15) is 74.1 Å². The van der Waals surface area contributed by atoms with E-state index in [4.69, 9.17) is 18.9 Å². The summed E-state index contributed by atoms with van der Waals surface area (Å²) in [6.07, 6.45) is 2.14. The van der Waals surface area contributed by atoms with Crippen LogP contribution in [-0.4, -0.2) is 71.3 Å². The van der Waals surface area contributed by atoms with Crippen LogP contribution < -0.4 is 24.3 Å². The molecular weight excluding hydrogens is 580 g/mol. The quantitative estimate of drug-likeness (QED) is 0.170. The second-order valence-corrected chi connectivity index (χ2v) is 9.43. The lowest BCUT2D eigenvalue weighted by molar-refractivity contribution is -0.138. The first-order valence-electron chi connectivity index (χ1n) is 13.6. The van der Waals surface area contributed by atoms with Gasteiger partial charge in [0, 0.05) is 40.8 Å². The number of esters is 4. The Kier molecular flexibility index (Phi) is 13.5. The third-order valence-corrected chi connectivity index (χ3v) is 5.69. The molecule has 0 aliphatic carbocycles. The molecule has 14 heteroatoms. The molecule has 0 aromatic heterocycles. The number of nitrogens with one attached hydrogen (secondary N) is 1.